The summed E-state index contributed by atoms with van der Waals surface area (Å²) in [4.78, 5) is 18.8. The number of carbonyl (C=O) groups is 1. The maximum Gasteiger partial charge on any atom is 0.292 e. The third-order valence-corrected chi connectivity index (χ3v) is 4.48. The van der Waals surface area contributed by atoms with Gasteiger partial charge in [0.25, 0.3) is 5.91 Å². The second-order valence-electron chi connectivity index (χ2n) is 6.30. The van der Waals surface area contributed by atoms with Crippen LogP contribution in [0.1, 0.15) is 10.6 Å². The molecule has 4 rings (SSSR count). The fraction of sp³-hybridized carbons (Fsp3) is 0.250. The summed E-state index contributed by atoms with van der Waals surface area (Å²) in [7, 11) is 0. The van der Waals surface area contributed by atoms with Crippen LogP contribution in [0.25, 0.3) is 11.3 Å². The Kier molecular flexibility index (Phi) is 8.45. The van der Waals surface area contributed by atoms with Crippen molar-refractivity contribution >= 4 is 30.7 Å². The molecule has 1 aromatic carbocycles. The molecule has 1 amide bonds. The molecular weight excluding hydrogens is 415 g/mol. The summed E-state index contributed by atoms with van der Waals surface area (Å²) < 4.78 is 11.1. The number of benzene rings is 1. The summed E-state index contributed by atoms with van der Waals surface area (Å²) in [6, 6.07) is 14.9. The van der Waals surface area contributed by atoms with E-state index >= 15 is 0 Å². The Morgan fingerprint density at radius 1 is 1.21 bits per heavy atom. The summed E-state index contributed by atoms with van der Waals surface area (Å²) in [5, 5.41) is 7.35. The van der Waals surface area contributed by atoms with Crippen molar-refractivity contribution in [3.05, 3.63) is 66.7 Å². The average molecular weight is 437 g/mol. The fourth-order valence-corrected chi connectivity index (χ4v) is 3.06. The van der Waals surface area contributed by atoms with Crippen molar-refractivity contribution in [2.45, 2.75) is 6.04 Å². The molecule has 2 aromatic heterocycles. The number of nitrogens with one attached hydrogen (secondary N) is 1. The molecule has 7 nitrogen and oxygen atoms in total. The normalized spacial score (nSPS) is 15.7. The summed E-state index contributed by atoms with van der Waals surface area (Å²) in [5.41, 5.74) is 1.56. The van der Waals surface area contributed by atoms with Gasteiger partial charge in [0.05, 0.1) is 12.2 Å². The van der Waals surface area contributed by atoms with Gasteiger partial charge >= 0.3 is 0 Å². The van der Waals surface area contributed by atoms with Crippen LogP contribution in [0.4, 0.5) is 0 Å². The van der Waals surface area contributed by atoms with Gasteiger partial charge in [0.1, 0.15) is 18.1 Å². The third kappa shape index (κ3) is 5.47. The number of piperazine rings is 1. The minimum Gasteiger partial charge on any atom is -0.490 e. The number of nitrogens with zero attached hydrogens (tertiary/aromatic N) is 3. The van der Waals surface area contributed by atoms with Crippen LogP contribution in [-0.2, 0) is 0 Å². The minimum atomic E-state index is -0.175. The molecule has 0 bridgehead atoms. The van der Waals surface area contributed by atoms with E-state index in [-0.39, 0.29) is 42.5 Å². The van der Waals surface area contributed by atoms with Gasteiger partial charge in [-0.1, -0.05) is 35.5 Å². The third-order valence-electron chi connectivity index (χ3n) is 4.48. The molecule has 1 unspecified atom stereocenters. The highest BCUT2D eigenvalue weighted by Gasteiger charge is 2.30. The topological polar surface area (TPSA) is 80.5 Å². The van der Waals surface area contributed by atoms with Crippen LogP contribution in [-0.4, -0.2) is 53.2 Å². The van der Waals surface area contributed by atoms with E-state index in [9.17, 15) is 4.79 Å². The van der Waals surface area contributed by atoms with Crippen LogP contribution < -0.4 is 10.1 Å². The standard InChI is InChI=1S/C20H20N4O3.2ClH/c25-20(19-11-18(23-27-19)15-5-2-1-3-6-15)24-10-9-22-12-16(24)14-26-17-7-4-8-21-13-17;;/h1-8,11,13,16,22H,9-10,12,14H2;2*1H. The maximum atomic E-state index is 13.0. The van der Waals surface area contributed by atoms with Gasteiger partial charge in [0, 0.05) is 37.5 Å². The Morgan fingerprint density at radius 2 is 2.03 bits per heavy atom. The molecule has 1 saturated heterocycles. The Labute approximate surface area is 181 Å². The average Bonchev–Trinajstić information content (AvgIpc) is 3.24. The lowest BCUT2D eigenvalue weighted by Gasteiger charge is -2.35. The molecule has 0 spiro atoms. The number of halogens is 2. The number of carbonyl (C=O) groups excluding carboxylic acids is 1. The molecule has 0 radical (unpaired) electrons. The first-order valence-electron chi connectivity index (χ1n) is 8.88. The molecule has 154 valence electrons. The van der Waals surface area contributed by atoms with E-state index in [4.69, 9.17) is 9.26 Å². The van der Waals surface area contributed by atoms with Gasteiger partial charge in [0.15, 0.2) is 0 Å². The summed E-state index contributed by atoms with van der Waals surface area (Å²) in [5.74, 6) is 0.745. The van der Waals surface area contributed by atoms with Crippen molar-refractivity contribution in [2.75, 3.05) is 26.2 Å². The van der Waals surface area contributed by atoms with Crippen LogP contribution in [0.5, 0.6) is 5.75 Å². The summed E-state index contributed by atoms with van der Waals surface area (Å²) >= 11 is 0. The lowest BCUT2D eigenvalue weighted by Crippen LogP contribution is -2.55. The molecule has 1 aliphatic heterocycles. The zero-order valence-electron chi connectivity index (χ0n) is 15.6. The smallest absolute Gasteiger partial charge is 0.292 e. The van der Waals surface area contributed by atoms with Gasteiger partial charge < -0.3 is 19.5 Å². The molecule has 1 fully saturated rings. The van der Waals surface area contributed by atoms with Gasteiger partial charge in [-0.05, 0) is 12.1 Å². The molecule has 1 atom stereocenters. The summed E-state index contributed by atoms with van der Waals surface area (Å²) in [6.45, 7) is 2.35. The first-order valence-corrected chi connectivity index (χ1v) is 8.88. The van der Waals surface area contributed by atoms with Crippen LogP contribution >= 0.6 is 24.8 Å². The molecular formula is C20H22Cl2N4O3. The van der Waals surface area contributed by atoms with E-state index < -0.39 is 0 Å². The molecule has 0 saturated carbocycles. The first-order chi connectivity index (χ1) is 13.3. The fourth-order valence-electron chi connectivity index (χ4n) is 3.06. The van der Waals surface area contributed by atoms with E-state index in [0.717, 1.165) is 12.1 Å². The largest absolute Gasteiger partial charge is 0.490 e. The molecule has 3 aromatic rings. The first kappa shape index (κ1) is 22.7. The van der Waals surface area contributed by atoms with Crippen molar-refractivity contribution in [1.82, 2.24) is 20.4 Å². The van der Waals surface area contributed by atoms with Crippen molar-refractivity contribution in [2.24, 2.45) is 0 Å². The quantitative estimate of drug-likeness (QED) is 0.661. The lowest BCUT2D eigenvalue weighted by atomic mass is 10.1. The number of amides is 1. The number of rotatable bonds is 5. The molecule has 9 heteroatoms. The van der Waals surface area contributed by atoms with Gasteiger partial charge in [-0.25, -0.2) is 0 Å². The zero-order chi connectivity index (χ0) is 18.5. The van der Waals surface area contributed by atoms with E-state index in [1.54, 1.807) is 23.4 Å². The van der Waals surface area contributed by atoms with Gasteiger partial charge in [-0.3, -0.25) is 9.78 Å². The van der Waals surface area contributed by atoms with Crippen LogP contribution in [0.3, 0.4) is 0 Å². The SMILES string of the molecule is Cl.Cl.O=C(c1cc(-c2ccccc2)no1)N1CCNCC1COc1cccnc1. The van der Waals surface area contributed by atoms with Crippen LogP contribution in [0, 0.1) is 0 Å². The highest BCUT2D eigenvalue weighted by molar-refractivity contribution is 5.92. The highest BCUT2D eigenvalue weighted by Crippen LogP contribution is 2.20. The monoisotopic (exact) mass is 436 g/mol. The van der Waals surface area contributed by atoms with Crippen LogP contribution in [0.15, 0.2) is 65.4 Å². The minimum absolute atomic E-state index is 0. The zero-order valence-corrected chi connectivity index (χ0v) is 17.2. The predicted molar refractivity (Wildman–Crippen MR) is 114 cm³/mol. The number of aromatic nitrogens is 2. The Morgan fingerprint density at radius 3 is 2.79 bits per heavy atom. The lowest BCUT2D eigenvalue weighted by molar-refractivity contribution is 0.0519. The van der Waals surface area contributed by atoms with Crippen LogP contribution in [0.2, 0.25) is 0 Å². The van der Waals surface area contributed by atoms with Crippen molar-refractivity contribution in [1.29, 1.82) is 0 Å². The van der Waals surface area contributed by atoms with E-state index in [1.165, 1.54) is 0 Å². The van der Waals surface area contributed by atoms with Crippen molar-refractivity contribution in [3.8, 4) is 17.0 Å². The van der Waals surface area contributed by atoms with E-state index in [0.29, 0.717) is 31.1 Å². The second-order valence-corrected chi connectivity index (χ2v) is 6.30. The number of hydrogen-bond acceptors (Lipinski definition) is 6. The van der Waals surface area contributed by atoms with E-state index in [2.05, 4.69) is 15.5 Å². The maximum absolute atomic E-state index is 13.0. The Bertz CT molecular complexity index is 893. The number of ether oxygens (including phenoxy) is 1. The molecule has 1 aliphatic rings. The molecule has 0 aliphatic carbocycles. The van der Waals surface area contributed by atoms with Gasteiger partial charge in [0.2, 0.25) is 5.76 Å². The van der Waals surface area contributed by atoms with Crippen molar-refractivity contribution in [3.63, 3.8) is 0 Å². The molecule has 29 heavy (non-hydrogen) atoms. The summed E-state index contributed by atoms with van der Waals surface area (Å²) in [6.07, 6.45) is 3.35. The number of pyridine rings is 1. The highest BCUT2D eigenvalue weighted by atomic mass is 35.5. The molecule has 3 heterocycles. The van der Waals surface area contributed by atoms with Gasteiger partial charge in [-0.15, -0.1) is 24.8 Å². The predicted octanol–water partition coefficient (Wildman–Crippen LogP) is 3.07. The van der Waals surface area contributed by atoms with Crippen molar-refractivity contribution < 1.29 is 14.1 Å². The van der Waals surface area contributed by atoms with Gasteiger partial charge in [-0.2, -0.15) is 0 Å². The van der Waals surface area contributed by atoms with E-state index in [1.807, 2.05) is 42.5 Å². The Hall–Kier alpha value is -2.61. The molecule has 1 N–H and O–H groups in total. The Balaban J connectivity index is 0.00000150. The number of hydrogen-bond donors (Lipinski definition) is 1. The second kappa shape index (κ2) is 10.8.